The first-order valence-corrected chi connectivity index (χ1v) is 7.81. The summed E-state index contributed by atoms with van der Waals surface area (Å²) < 4.78 is 0. The Morgan fingerprint density at radius 3 is 2.38 bits per heavy atom. The lowest BCUT2D eigenvalue weighted by atomic mass is 10.0. The van der Waals surface area contributed by atoms with Crippen molar-refractivity contribution in [3.8, 4) is 0 Å². The highest BCUT2D eigenvalue weighted by atomic mass is 16.2. The number of rotatable bonds is 4. The molecule has 0 saturated carbocycles. The molecule has 0 aromatic heterocycles. The summed E-state index contributed by atoms with van der Waals surface area (Å²) in [4.78, 5) is 28.4. The van der Waals surface area contributed by atoms with E-state index in [0.29, 0.717) is 26.1 Å². The summed E-state index contributed by atoms with van der Waals surface area (Å²) in [5.41, 5.74) is 0.916. The predicted molar refractivity (Wildman–Crippen MR) is 84.1 cm³/mol. The van der Waals surface area contributed by atoms with Crippen molar-refractivity contribution < 1.29 is 9.59 Å². The van der Waals surface area contributed by atoms with E-state index >= 15 is 0 Å². The molecule has 0 spiro atoms. The number of amides is 2. The van der Waals surface area contributed by atoms with Gasteiger partial charge in [-0.05, 0) is 25.0 Å². The van der Waals surface area contributed by atoms with Gasteiger partial charge in [0.1, 0.15) is 0 Å². The van der Waals surface area contributed by atoms with E-state index in [2.05, 4.69) is 0 Å². The predicted octanol–water partition coefficient (Wildman–Crippen LogP) is 2.69. The second-order valence-corrected chi connectivity index (χ2v) is 5.47. The van der Waals surface area contributed by atoms with Crippen LogP contribution in [0.2, 0.25) is 0 Å². The van der Waals surface area contributed by atoms with Gasteiger partial charge in [0.25, 0.3) is 0 Å². The van der Waals surface area contributed by atoms with Crippen molar-refractivity contribution in [1.29, 1.82) is 0 Å². The average Bonchev–Trinajstić information content (AvgIpc) is 2.71. The van der Waals surface area contributed by atoms with E-state index in [1.54, 1.807) is 4.90 Å². The topological polar surface area (TPSA) is 40.6 Å². The van der Waals surface area contributed by atoms with Gasteiger partial charge in [-0.1, -0.05) is 32.0 Å². The van der Waals surface area contributed by atoms with Crippen molar-refractivity contribution in [1.82, 2.24) is 4.90 Å². The molecule has 1 aromatic rings. The van der Waals surface area contributed by atoms with Crippen molar-refractivity contribution >= 4 is 17.5 Å². The number of anilines is 1. The zero-order valence-electron chi connectivity index (χ0n) is 12.9. The lowest BCUT2D eigenvalue weighted by Gasteiger charge is -2.25. The van der Waals surface area contributed by atoms with Gasteiger partial charge in [0.2, 0.25) is 11.8 Å². The lowest BCUT2D eigenvalue weighted by molar-refractivity contribution is -0.135. The number of nitrogens with zero attached hydrogens (tertiary/aromatic N) is 2. The maximum absolute atomic E-state index is 12.5. The Labute approximate surface area is 126 Å². The monoisotopic (exact) mass is 288 g/mol. The Morgan fingerprint density at radius 2 is 1.76 bits per heavy atom. The number of carbonyl (C=O) groups is 2. The second kappa shape index (κ2) is 7.25. The van der Waals surface area contributed by atoms with E-state index in [0.717, 1.165) is 18.5 Å². The molecule has 0 radical (unpaired) electrons. The van der Waals surface area contributed by atoms with Gasteiger partial charge < -0.3 is 9.80 Å². The fourth-order valence-corrected chi connectivity index (χ4v) is 2.82. The highest BCUT2D eigenvalue weighted by molar-refractivity contribution is 5.94. The average molecular weight is 288 g/mol. The van der Waals surface area contributed by atoms with Gasteiger partial charge in [0, 0.05) is 37.7 Å². The fourth-order valence-electron chi connectivity index (χ4n) is 2.82. The van der Waals surface area contributed by atoms with Crippen LogP contribution in [0.15, 0.2) is 30.3 Å². The van der Waals surface area contributed by atoms with Crippen molar-refractivity contribution in [2.24, 2.45) is 5.92 Å². The van der Waals surface area contributed by atoms with Crippen LogP contribution in [0.4, 0.5) is 5.69 Å². The minimum atomic E-state index is 0.0865. The lowest BCUT2D eigenvalue weighted by Crippen LogP contribution is -2.39. The summed E-state index contributed by atoms with van der Waals surface area (Å²) in [5, 5.41) is 0. The van der Waals surface area contributed by atoms with E-state index in [1.165, 1.54) is 0 Å². The Kier molecular flexibility index (Phi) is 5.37. The molecule has 1 heterocycles. The van der Waals surface area contributed by atoms with Gasteiger partial charge in [-0.25, -0.2) is 0 Å². The van der Waals surface area contributed by atoms with Crippen molar-refractivity contribution in [3.63, 3.8) is 0 Å². The molecular formula is C17H24N2O2. The molecule has 114 valence electrons. The summed E-state index contributed by atoms with van der Waals surface area (Å²) in [6, 6.07) is 9.68. The number of carbonyl (C=O) groups excluding carboxylic acids is 2. The summed E-state index contributed by atoms with van der Waals surface area (Å²) in [6.45, 7) is 5.83. The molecule has 0 bridgehead atoms. The molecule has 4 nitrogen and oxygen atoms in total. The SMILES string of the molecule is CCC(CC)C(=O)N1CCC(=O)N(c2ccccc2)CC1. The molecule has 1 aliphatic heterocycles. The molecule has 1 fully saturated rings. The number of hydrogen-bond acceptors (Lipinski definition) is 2. The zero-order chi connectivity index (χ0) is 15.2. The first kappa shape index (κ1) is 15.5. The first-order valence-electron chi connectivity index (χ1n) is 7.81. The molecule has 1 aliphatic rings. The first-order chi connectivity index (χ1) is 10.2. The quantitative estimate of drug-likeness (QED) is 0.854. The molecular weight excluding hydrogens is 264 g/mol. The van der Waals surface area contributed by atoms with Crippen LogP contribution in [-0.2, 0) is 9.59 Å². The molecule has 0 unspecified atom stereocenters. The number of benzene rings is 1. The number of hydrogen-bond donors (Lipinski definition) is 0. The summed E-state index contributed by atoms with van der Waals surface area (Å²) in [7, 11) is 0. The Morgan fingerprint density at radius 1 is 1.10 bits per heavy atom. The molecule has 21 heavy (non-hydrogen) atoms. The van der Waals surface area contributed by atoms with E-state index < -0.39 is 0 Å². The molecule has 2 rings (SSSR count). The van der Waals surface area contributed by atoms with E-state index in [4.69, 9.17) is 0 Å². The van der Waals surface area contributed by atoms with Crippen LogP contribution in [0.25, 0.3) is 0 Å². The third-order valence-electron chi connectivity index (χ3n) is 4.20. The van der Waals surface area contributed by atoms with E-state index in [1.807, 2.05) is 49.1 Å². The smallest absolute Gasteiger partial charge is 0.228 e. The number of para-hydroxylation sites is 1. The summed E-state index contributed by atoms with van der Waals surface area (Å²) in [5.74, 6) is 0.382. The fraction of sp³-hybridized carbons (Fsp3) is 0.529. The minimum absolute atomic E-state index is 0.0865. The molecule has 1 aromatic carbocycles. The molecule has 1 saturated heterocycles. The zero-order valence-corrected chi connectivity index (χ0v) is 12.9. The van der Waals surface area contributed by atoms with Gasteiger partial charge >= 0.3 is 0 Å². The second-order valence-electron chi connectivity index (χ2n) is 5.47. The van der Waals surface area contributed by atoms with Gasteiger partial charge in [-0.2, -0.15) is 0 Å². The summed E-state index contributed by atoms with van der Waals surface area (Å²) in [6.07, 6.45) is 2.13. The molecule has 2 amide bonds. The van der Waals surface area contributed by atoms with E-state index in [9.17, 15) is 9.59 Å². The van der Waals surface area contributed by atoms with Crippen LogP contribution in [-0.4, -0.2) is 36.3 Å². The van der Waals surface area contributed by atoms with Crippen molar-refractivity contribution in [3.05, 3.63) is 30.3 Å². The Bertz CT molecular complexity index is 483. The van der Waals surface area contributed by atoms with Crippen LogP contribution in [0.3, 0.4) is 0 Å². The van der Waals surface area contributed by atoms with Crippen molar-refractivity contribution in [2.75, 3.05) is 24.5 Å². The molecule has 4 heteroatoms. The normalized spacial score (nSPS) is 16.2. The Hall–Kier alpha value is -1.84. The molecule has 0 N–H and O–H groups in total. The van der Waals surface area contributed by atoms with Gasteiger partial charge in [0.05, 0.1) is 0 Å². The van der Waals surface area contributed by atoms with Crippen molar-refractivity contribution in [2.45, 2.75) is 33.1 Å². The highest BCUT2D eigenvalue weighted by Gasteiger charge is 2.27. The molecule has 0 aliphatic carbocycles. The minimum Gasteiger partial charge on any atom is -0.340 e. The Balaban J connectivity index is 2.07. The van der Waals surface area contributed by atoms with E-state index in [-0.39, 0.29) is 17.7 Å². The maximum Gasteiger partial charge on any atom is 0.228 e. The largest absolute Gasteiger partial charge is 0.340 e. The third kappa shape index (κ3) is 3.63. The van der Waals surface area contributed by atoms with Crippen LogP contribution in [0.1, 0.15) is 33.1 Å². The van der Waals surface area contributed by atoms with Gasteiger partial charge in [-0.3, -0.25) is 9.59 Å². The molecule has 0 atom stereocenters. The van der Waals surface area contributed by atoms with Crippen LogP contribution < -0.4 is 4.90 Å². The third-order valence-corrected chi connectivity index (χ3v) is 4.20. The van der Waals surface area contributed by atoms with Crippen LogP contribution in [0.5, 0.6) is 0 Å². The summed E-state index contributed by atoms with van der Waals surface area (Å²) >= 11 is 0. The standard InChI is InChI=1S/C17H24N2O2/c1-3-14(4-2)17(21)18-11-10-16(20)19(13-12-18)15-8-6-5-7-9-15/h5-9,14H,3-4,10-13H2,1-2H3. The maximum atomic E-state index is 12.5. The highest BCUT2D eigenvalue weighted by Crippen LogP contribution is 2.19. The van der Waals surface area contributed by atoms with Crippen LogP contribution in [0, 0.1) is 5.92 Å². The van der Waals surface area contributed by atoms with Gasteiger partial charge in [-0.15, -0.1) is 0 Å². The van der Waals surface area contributed by atoms with Crippen LogP contribution >= 0.6 is 0 Å². The van der Waals surface area contributed by atoms with Gasteiger partial charge in [0.15, 0.2) is 0 Å².